The predicted octanol–water partition coefficient (Wildman–Crippen LogP) is 4.58. The average Bonchev–Trinajstić information content (AvgIpc) is 2.62. The predicted molar refractivity (Wildman–Crippen MR) is 101 cm³/mol. The molecule has 0 aromatic heterocycles. The molecule has 2 aliphatic heterocycles. The number of aliphatic imine (C=N–C) groups is 1. The lowest BCUT2D eigenvalue weighted by molar-refractivity contribution is 0.201. The highest BCUT2D eigenvalue weighted by atomic mass is 35.5. The van der Waals surface area contributed by atoms with E-state index in [4.69, 9.17) is 16.6 Å². The third-order valence-electron chi connectivity index (χ3n) is 4.98. The van der Waals surface area contributed by atoms with Crippen molar-refractivity contribution in [3.05, 3.63) is 64.7 Å². The maximum Gasteiger partial charge on any atom is 0.104 e. The molecule has 3 nitrogen and oxygen atoms in total. The lowest BCUT2D eigenvalue weighted by atomic mass is 9.94. The summed E-state index contributed by atoms with van der Waals surface area (Å²) in [6.07, 6.45) is 2.32. The SMILES string of the molecule is Clc1ccc2c(c1)NC(C1CCN(Cc3ccccc3)CC1)=NC2. The van der Waals surface area contributed by atoms with E-state index >= 15 is 0 Å². The molecule has 0 bridgehead atoms. The number of amidine groups is 1. The molecule has 0 amide bonds. The fourth-order valence-electron chi connectivity index (χ4n) is 3.59. The van der Waals surface area contributed by atoms with E-state index in [0.717, 1.165) is 55.6 Å². The number of benzene rings is 2. The largest absolute Gasteiger partial charge is 0.344 e. The Labute approximate surface area is 148 Å². The van der Waals surface area contributed by atoms with E-state index in [9.17, 15) is 0 Å². The minimum absolute atomic E-state index is 0.532. The molecule has 4 rings (SSSR count). The number of rotatable bonds is 3. The van der Waals surface area contributed by atoms with Crippen LogP contribution in [0, 0.1) is 5.92 Å². The number of nitrogens with zero attached hydrogens (tertiary/aromatic N) is 2. The van der Waals surface area contributed by atoms with Crippen LogP contribution in [0.3, 0.4) is 0 Å². The van der Waals surface area contributed by atoms with Crippen LogP contribution < -0.4 is 5.32 Å². The number of fused-ring (bicyclic) bond motifs is 1. The molecule has 24 heavy (non-hydrogen) atoms. The van der Waals surface area contributed by atoms with Crippen LogP contribution >= 0.6 is 11.6 Å². The molecular weight excluding hydrogens is 318 g/mol. The van der Waals surface area contributed by atoms with Gasteiger partial charge in [-0.15, -0.1) is 0 Å². The molecule has 0 atom stereocenters. The number of nitrogens with one attached hydrogen (secondary N) is 1. The van der Waals surface area contributed by atoms with Crippen molar-refractivity contribution in [3.8, 4) is 0 Å². The van der Waals surface area contributed by atoms with Crippen LogP contribution in [0.1, 0.15) is 24.0 Å². The van der Waals surface area contributed by atoms with Gasteiger partial charge in [-0.3, -0.25) is 9.89 Å². The maximum absolute atomic E-state index is 6.12. The van der Waals surface area contributed by atoms with Crippen LogP contribution in [-0.2, 0) is 13.1 Å². The van der Waals surface area contributed by atoms with Crippen molar-refractivity contribution in [2.75, 3.05) is 18.4 Å². The molecule has 1 saturated heterocycles. The molecule has 0 saturated carbocycles. The Morgan fingerprint density at radius 1 is 1.08 bits per heavy atom. The van der Waals surface area contributed by atoms with E-state index in [0.29, 0.717) is 5.92 Å². The van der Waals surface area contributed by atoms with E-state index in [1.54, 1.807) is 0 Å². The molecule has 0 unspecified atom stereocenters. The molecule has 2 aliphatic rings. The minimum Gasteiger partial charge on any atom is -0.344 e. The van der Waals surface area contributed by atoms with Gasteiger partial charge in [0.05, 0.1) is 6.54 Å². The monoisotopic (exact) mass is 339 g/mol. The molecular formula is C20H22ClN3. The quantitative estimate of drug-likeness (QED) is 0.886. The molecule has 0 spiro atoms. The number of likely N-dealkylation sites (tertiary alicyclic amines) is 1. The van der Waals surface area contributed by atoms with Crippen molar-refractivity contribution in [1.29, 1.82) is 0 Å². The van der Waals surface area contributed by atoms with Gasteiger partial charge in [-0.05, 0) is 49.2 Å². The molecule has 1 fully saturated rings. The third kappa shape index (κ3) is 3.47. The van der Waals surface area contributed by atoms with Crippen LogP contribution in [0.25, 0.3) is 0 Å². The van der Waals surface area contributed by atoms with E-state index in [-0.39, 0.29) is 0 Å². The van der Waals surface area contributed by atoms with E-state index in [2.05, 4.69) is 46.6 Å². The number of hydrogen-bond donors (Lipinski definition) is 1. The summed E-state index contributed by atoms with van der Waals surface area (Å²) in [6, 6.07) is 16.7. The Hall–Kier alpha value is -1.84. The van der Waals surface area contributed by atoms with Crippen molar-refractivity contribution < 1.29 is 0 Å². The molecule has 4 heteroatoms. The van der Waals surface area contributed by atoms with Gasteiger partial charge in [0.15, 0.2) is 0 Å². The lowest BCUT2D eigenvalue weighted by Crippen LogP contribution is -2.38. The topological polar surface area (TPSA) is 27.6 Å². The average molecular weight is 340 g/mol. The highest BCUT2D eigenvalue weighted by Gasteiger charge is 2.25. The minimum atomic E-state index is 0.532. The van der Waals surface area contributed by atoms with Gasteiger partial charge in [-0.25, -0.2) is 0 Å². The fraction of sp³-hybridized carbons (Fsp3) is 0.350. The van der Waals surface area contributed by atoms with Crippen molar-refractivity contribution in [1.82, 2.24) is 4.90 Å². The summed E-state index contributed by atoms with van der Waals surface area (Å²) in [4.78, 5) is 7.32. The second-order valence-corrected chi connectivity index (χ2v) is 7.10. The van der Waals surface area contributed by atoms with E-state index in [1.165, 1.54) is 11.1 Å². The molecule has 2 aromatic rings. The summed E-state index contributed by atoms with van der Waals surface area (Å²) >= 11 is 6.12. The fourth-order valence-corrected chi connectivity index (χ4v) is 3.76. The van der Waals surface area contributed by atoms with Crippen LogP contribution in [0.5, 0.6) is 0 Å². The molecule has 1 N–H and O–H groups in total. The van der Waals surface area contributed by atoms with Crippen LogP contribution in [0.4, 0.5) is 5.69 Å². The van der Waals surface area contributed by atoms with Gasteiger partial charge in [0, 0.05) is 23.2 Å². The highest BCUT2D eigenvalue weighted by Crippen LogP contribution is 2.28. The second kappa shape index (κ2) is 6.96. The number of piperidine rings is 1. The lowest BCUT2D eigenvalue weighted by Gasteiger charge is -2.34. The molecule has 0 radical (unpaired) electrons. The van der Waals surface area contributed by atoms with Gasteiger partial charge < -0.3 is 5.32 Å². The first-order chi connectivity index (χ1) is 11.8. The van der Waals surface area contributed by atoms with Gasteiger partial charge in [-0.1, -0.05) is 48.0 Å². The van der Waals surface area contributed by atoms with Crippen LogP contribution in [0.2, 0.25) is 5.02 Å². The van der Waals surface area contributed by atoms with Gasteiger partial charge in [0.2, 0.25) is 0 Å². The zero-order valence-corrected chi connectivity index (χ0v) is 14.5. The van der Waals surface area contributed by atoms with Crippen LogP contribution in [0.15, 0.2) is 53.5 Å². The Morgan fingerprint density at radius 3 is 2.67 bits per heavy atom. The molecule has 2 heterocycles. The zero-order chi connectivity index (χ0) is 16.4. The van der Waals surface area contributed by atoms with Gasteiger partial charge >= 0.3 is 0 Å². The van der Waals surface area contributed by atoms with Crippen LogP contribution in [-0.4, -0.2) is 23.8 Å². The molecule has 2 aromatic carbocycles. The summed E-state index contributed by atoms with van der Waals surface area (Å²) in [5.74, 6) is 1.67. The number of halogens is 1. The summed E-state index contributed by atoms with van der Waals surface area (Å²) in [7, 11) is 0. The third-order valence-corrected chi connectivity index (χ3v) is 5.21. The Bertz CT molecular complexity index is 734. The van der Waals surface area contributed by atoms with E-state index in [1.807, 2.05) is 12.1 Å². The Balaban J connectivity index is 1.36. The number of anilines is 1. The Kier molecular flexibility index (Phi) is 4.54. The first kappa shape index (κ1) is 15.7. The van der Waals surface area contributed by atoms with E-state index < -0.39 is 0 Å². The number of hydrogen-bond acceptors (Lipinski definition) is 3. The summed E-state index contributed by atoms with van der Waals surface area (Å²) < 4.78 is 0. The summed E-state index contributed by atoms with van der Waals surface area (Å²) in [5, 5.41) is 4.30. The van der Waals surface area contributed by atoms with Crippen molar-refractivity contribution in [2.24, 2.45) is 10.9 Å². The second-order valence-electron chi connectivity index (χ2n) is 6.66. The normalized spacial score (nSPS) is 18.6. The first-order valence-electron chi connectivity index (χ1n) is 8.64. The zero-order valence-electron chi connectivity index (χ0n) is 13.7. The smallest absolute Gasteiger partial charge is 0.104 e. The molecule has 124 valence electrons. The first-order valence-corrected chi connectivity index (χ1v) is 9.02. The summed E-state index contributed by atoms with van der Waals surface area (Å²) in [6.45, 7) is 4.07. The highest BCUT2D eigenvalue weighted by molar-refractivity contribution is 6.31. The van der Waals surface area contributed by atoms with Gasteiger partial charge in [-0.2, -0.15) is 0 Å². The van der Waals surface area contributed by atoms with Gasteiger partial charge in [0.1, 0.15) is 5.84 Å². The standard InChI is InChI=1S/C20H22ClN3/c21-18-7-6-17-13-22-20(23-19(17)12-18)16-8-10-24(11-9-16)14-15-4-2-1-3-5-15/h1-7,12,16H,8-11,13-14H2,(H,22,23). The maximum atomic E-state index is 6.12. The summed E-state index contributed by atoms with van der Waals surface area (Å²) in [5.41, 5.74) is 3.75. The van der Waals surface area contributed by atoms with Crippen molar-refractivity contribution in [3.63, 3.8) is 0 Å². The van der Waals surface area contributed by atoms with Crippen molar-refractivity contribution >= 4 is 23.1 Å². The van der Waals surface area contributed by atoms with Gasteiger partial charge in [0.25, 0.3) is 0 Å². The Morgan fingerprint density at radius 2 is 1.88 bits per heavy atom. The van der Waals surface area contributed by atoms with Crippen molar-refractivity contribution in [2.45, 2.75) is 25.9 Å². The molecule has 0 aliphatic carbocycles.